The van der Waals surface area contributed by atoms with Gasteiger partial charge in [0.05, 0.1) is 39.1 Å². The summed E-state index contributed by atoms with van der Waals surface area (Å²) in [5, 5.41) is 4.87. The first-order valence-electron chi connectivity index (χ1n) is 19.0. The van der Waals surface area contributed by atoms with E-state index < -0.39 is 0 Å². The van der Waals surface area contributed by atoms with Crippen LogP contribution in [0.1, 0.15) is 0 Å². The van der Waals surface area contributed by atoms with Gasteiger partial charge in [-0.05, 0) is 71.8 Å². The molecule has 4 nitrogen and oxygen atoms in total. The Morgan fingerprint density at radius 3 is 1.54 bits per heavy atom. The van der Waals surface area contributed by atoms with Crippen molar-refractivity contribution in [3.8, 4) is 56.4 Å². The predicted molar refractivity (Wildman–Crippen MR) is 232 cm³/mol. The maximum Gasteiger partial charge on any atom is 0.162 e. The van der Waals surface area contributed by atoms with E-state index >= 15 is 0 Å². The van der Waals surface area contributed by atoms with Gasteiger partial charge < -0.3 is 9.13 Å². The SMILES string of the molecule is c1ccc(-c2cccc(-c3cc(-c4ccccc4)nc(-c4ccccc4-n4c5ccccc5c5cc6c7ccccc7n(-c7ccccc7)c6cc54)n3)c2)cc1. The molecule has 0 amide bonds. The van der Waals surface area contributed by atoms with Gasteiger partial charge in [-0.3, -0.25) is 0 Å². The second-order valence-electron chi connectivity index (χ2n) is 14.2. The molecule has 262 valence electrons. The van der Waals surface area contributed by atoms with Crippen molar-refractivity contribution in [3.05, 3.63) is 206 Å². The van der Waals surface area contributed by atoms with Crippen molar-refractivity contribution in [2.75, 3.05) is 0 Å². The zero-order valence-corrected chi connectivity index (χ0v) is 30.4. The lowest BCUT2D eigenvalue weighted by Gasteiger charge is -2.15. The van der Waals surface area contributed by atoms with E-state index in [1.807, 2.05) is 6.07 Å². The Kier molecular flexibility index (Phi) is 7.46. The summed E-state index contributed by atoms with van der Waals surface area (Å²) < 4.78 is 4.79. The highest BCUT2D eigenvalue weighted by Crippen LogP contribution is 2.41. The zero-order valence-electron chi connectivity index (χ0n) is 30.4. The number of benzene rings is 8. The summed E-state index contributed by atoms with van der Waals surface area (Å²) in [4.78, 5) is 10.7. The molecule has 0 fully saturated rings. The lowest BCUT2D eigenvalue weighted by Crippen LogP contribution is -2.01. The molecule has 0 bridgehead atoms. The lowest BCUT2D eigenvalue weighted by atomic mass is 10.0. The molecule has 4 heteroatoms. The van der Waals surface area contributed by atoms with Crippen molar-refractivity contribution < 1.29 is 0 Å². The fraction of sp³-hybridized carbons (Fsp3) is 0. The molecule has 0 aliphatic heterocycles. The summed E-state index contributed by atoms with van der Waals surface area (Å²) in [5.41, 5.74) is 13.9. The smallest absolute Gasteiger partial charge is 0.162 e. The second kappa shape index (κ2) is 13.1. The van der Waals surface area contributed by atoms with E-state index in [2.05, 4.69) is 209 Å². The van der Waals surface area contributed by atoms with Crippen LogP contribution in [0.15, 0.2) is 206 Å². The molecule has 0 radical (unpaired) electrons. The number of hydrogen-bond acceptors (Lipinski definition) is 2. The largest absolute Gasteiger partial charge is 0.309 e. The van der Waals surface area contributed by atoms with E-state index in [1.54, 1.807) is 0 Å². The quantitative estimate of drug-likeness (QED) is 0.172. The Morgan fingerprint density at radius 1 is 0.304 bits per heavy atom. The molecule has 8 aromatic carbocycles. The average Bonchev–Trinajstić information content (AvgIpc) is 3.78. The minimum Gasteiger partial charge on any atom is -0.309 e. The molecule has 0 atom stereocenters. The van der Waals surface area contributed by atoms with Gasteiger partial charge in [0.2, 0.25) is 0 Å². The topological polar surface area (TPSA) is 35.6 Å². The normalized spacial score (nSPS) is 11.6. The van der Waals surface area contributed by atoms with Crippen LogP contribution in [0.25, 0.3) is 100 Å². The van der Waals surface area contributed by atoms with Crippen molar-refractivity contribution in [1.82, 2.24) is 19.1 Å². The predicted octanol–water partition coefficient (Wildman–Crippen LogP) is 13.3. The van der Waals surface area contributed by atoms with Crippen molar-refractivity contribution in [1.29, 1.82) is 0 Å². The molecule has 0 unspecified atom stereocenters. The van der Waals surface area contributed by atoms with E-state index in [9.17, 15) is 0 Å². The average molecular weight is 715 g/mol. The summed E-state index contributed by atoms with van der Waals surface area (Å²) in [6.45, 7) is 0. The van der Waals surface area contributed by atoms with Crippen molar-refractivity contribution in [3.63, 3.8) is 0 Å². The van der Waals surface area contributed by atoms with Gasteiger partial charge in [0.25, 0.3) is 0 Å². The van der Waals surface area contributed by atoms with E-state index in [0.29, 0.717) is 5.82 Å². The molecule has 3 aromatic heterocycles. The van der Waals surface area contributed by atoms with Crippen molar-refractivity contribution in [2.45, 2.75) is 0 Å². The molecule has 3 heterocycles. The van der Waals surface area contributed by atoms with Gasteiger partial charge in [0.1, 0.15) is 0 Å². The number of rotatable bonds is 6. The van der Waals surface area contributed by atoms with Crippen LogP contribution in [0.4, 0.5) is 0 Å². The summed E-state index contributed by atoms with van der Waals surface area (Å²) >= 11 is 0. The first-order chi connectivity index (χ1) is 27.8. The molecule has 11 aromatic rings. The molecular formula is C52H34N4. The van der Waals surface area contributed by atoms with Crippen LogP contribution in [0, 0.1) is 0 Å². The Balaban J connectivity index is 1.18. The van der Waals surface area contributed by atoms with Crippen molar-refractivity contribution >= 4 is 43.6 Å². The first kappa shape index (κ1) is 31.9. The minimum atomic E-state index is 0.674. The van der Waals surface area contributed by atoms with Gasteiger partial charge in [-0.1, -0.05) is 146 Å². The summed E-state index contributed by atoms with van der Waals surface area (Å²) in [6.07, 6.45) is 0. The number of fused-ring (bicyclic) bond motifs is 6. The Bertz CT molecular complexity index is 3230. The molecule has 0 aliphatic rings. The highest BCUT2D eigenvalue weighted by atomic mass is 15.0. The maximum absolute atomic E-state index is 5.37. The molecule has 56 heavy (non-hydrogen) atoms. The van der Waals surface area contributed by atoms with Gasteiger partial charge in [-0.15, -0.1) is 0 Å². The third-order valence-corrected chi connectivity index (χ3v) is 10.9. The summed E-state index contributed by atoms with van der Waals surface area (Å²) in [7, 11) is 0. The van der Waals surface area contributed by atoms with Crippen LogP contribution >= 0.6 is 0 Å². The van der Waals surface area contributed by atoms with Gasteiger partial charge >= 0.3 is 0 Å². The van der Waals surface area contributed by atoms with E-state index in [0.717, 1.165) is 61.6 Å². The fourth-order valence-electron chi connectivity index (χ4n) is 8.36. The Hall–Kier alpha value is -7.56. The number of para-hydroxylation sites is 4. The van der Waals surface area contributed by atoms with E-state index in [4.69, 9.17) is 9.97 Å². The molecule has 0 spiro atoms. The standard InChI is InChI=1S/C52H34N4/c1-4-17-35(18-5-1)37-21-16-22-38(31-37)46-33-45(36-19-6-2-7-20-36)53-52(54-46)42-27-12-15-30-49(42)56-48-29-14-11-26-41(48)44-32-43-40-25-10-13-28-47(40)55(50(43)34-51(44)56)39-23-8-3-9-24-39/h1-34H. The monoisotopic (exact) mass is 714 g/mol. The summed E-state index contributed by atoms with van der Waals surface area (Å²) in [5.74, 6) is 0.674. The third kappa shape index (κ3) is 5.23. The van der Waals surface area contributed by atoms with Gasteiger partial charge in [-0.25, -0.2) is 9.97 Å². The number of hydrogen-bond donors (Lipinski definition) is 0. The van der Waals surface area contributed by atoms with Crippen LogP contribution in [0.3, 0.4) is 0 Å². The van der Waals surface area contributed by atoms with Gasteiger partial charge in [0, 0.05) is 43.9 Å². The molecule has 11 rings (SSSR count). The van der Waals surface area contributed by atoms with Crippen LogP contribution in [0.2, 0.25) is 0 Å². The van der Waals surface area contributed by atoms with Gasteiger partial charge in [-0.2, -0.15) is 0 Å². The summed E-state index contributed by atoms with van der Waals surface area (Å²) in [6, 6.07) is 73.1. The third-order valence-electron chi connectivity index (χ3n) is 10.9. The van der Waals surface area contributed by atoms with Crippen LogP contribution in [0.5, 0.6) is 0 Å². The fourth-order valence-corrected chi connectivity index (χ4v) is 8.36. The Labute approximate surface area is 324 Å². The number of aromatic nitrogens is 4. The highest BCUT2D eigenvalue weighted by Gasteiger charge is 2.21. The van der Waals surface area contributed by atoms with Gasteiger partial charge in [0.15, 0.2) is 5.82 Å². The molecule has 0 saturated carbocycles. The van der Waals surface area contributed by atoms with Crippen LogP contribution < -0.4 is 0 Å². The van der Waals surface area contributed by atoms with Crippen LogP contribution in [-0.2, 0) is 0 Å². The number of nitrogens with zero attached hydrogens (tertiary/aromatic N) is 4. The molecular weight excluding hydrogens is 681 g/mol. The molecule has 0 saturated heterocycles. The minimum absolute atomic E-state index is 0.674. The van der Waals surface area contributed by atoms with E-state index in [-0.39, 0.29) is 0 Å². The zero-order chi connectivity index (χ0) is 37.0. The Morgan fingerprint density at radius 2 is 0.821 bits per heavy atom. The highest BCUT2D eigenvalue weighted by molar-refractivity contribution is 6.19. The second-order valence-corrected chi connectivity index (χ2v) is 14.2. The molecule has 0 N–H and O–H groups in total. The molecule has 0 aliphatic carbocycles. The van der Waals surface area contributed by atoms with E-state index in [1.165, 1.54) is 32.6 Å². The van der Waals surface area contributed by atoms with Crippen molar-refractivity contribution in [2.24, 2.45) is 0 Å². The maximum atomic E-state index is 5.37. The lowest BCUT2D eigenvalue weighted by molar-refractivity contribution is 1.14. The first-order valence-corrected chi connectivity index (χ1v) is 19.0. The van der Waals surface area contributed by atoms with Crippen LogP contribution in [-0.4, -0.2) is 19.1 Å².